The molecule has 0 spiro atoms. The molecule has 3 amide bonds. The van der Waals surface area contributed by atoms with Crippen molar-refractivity contribution >= 4 is 45.6 Å². The summed E-state index contributed by atoms with van der Waals surface area (Å²) in [5.41, 5.74) is 7.65. The van der Waals surface area contributed by atoms with Gasteiger partial charge in [-0.3, -0.25) is 10.1 Å². The van der Waals surface area contributed by atoms with Gasteiger partial charge in [0, 0.05) is 15.6 Å². The summed E-state index contributed by atoms with van der Waals surface area (Å²) in [4.78, 5) is 25.5. The number of carbonyl (C=O) groups excluding carboxylic acids is 2. The zero-order chi connectivity index (χ0) is 18.7. The van der Waals surface area contributed by atoms with Crippen LogP contribution < -0.4 is 16.4 Å². The summed E-state index contributed by atoms with van der Waals surface area (Å²) >= 11 is 7.40. The Morgan fingerprint density at radius 2 is 2.15 bits per heavy atom. The van der Waals surface area contributed by atoms with Crippen molar-refractivity contribution in [2.24, 2.45) is 11.7 Å². The lowest BCUT2D eigenvalue weighted by molar-refractivity contribution is 0.1000. The molecule has 5 nitrogen and oxygen atoms in total. The summed E-state index contributed by atoms with van der Waals surface area (Å²) in [7, 11) is 0. The molecular weight excluding hydrogens is 370 g/mol. The van der Waals surface area contributed by atoms with Gasteiger partial charge in [0.2, 0.25) is 0 Å². The highest BCUT2D eigenvalue weighted by Crippen LogP contribution is 2.40. The fourth-order valence-electron chi connectivity index (χ4n) is 3.49. The van der Waals surface area contributed by atoms with Gasteiger partial charge in [0.1, 0.15) is 5.00 Å². The third-order valence-electron chi connectivity index (χ3n) is 4.62. The fraction of sp³-hybridized carbons (Fsp3) is 0.368. The molecule has 1 aliphatic rings. The minimum absolute atomic E-state index is 0.418. The number of hydrogen-bond acceptors (Lipinski definition) is 3. The van der Waals surface area contributed by atoms with Crippen molar-refractivity contribution in [1.29, 1.82) is 0 Å². The van der Waals surface area contributed by atoms with E-state index in [1.54, 1.807) is 24.3 Å². The van der Waals surface area contributed by atoms with Crippen LogP contribution in [0, 0.1) is 5.92 Å². The monoisotopic (exact) mass is 391 g/mol. The summed E-state index contributed by atoms with van der Waals surface area (Å²) in [5.74, 6) is 0.148. The number of halogens is 1. The molecule has 2 aromatic rings. The summed E-state index contributed by atoms with van der Waals surface area (Å²) in [6.07, 6.45) is 5.19. The van der Waals surface area contributed by atoms with Gasteiger partial charge in [-0.25, -0.2) is 4.79 Å². The number of nitrogens with two attached hydrogens (primary N) is 1. The molecule has 4 N–H and O–H groups in total. The Balaban J connectivity index is 1.79. The predicted molar refractivity (Wildman–Crippen MR) is 107 cm³/mol. The second-order valence-corrected chi connectivity index (χ2v) is 8.10. The molecule has 1 aromatic carbocycles. The van der Waals surface area contributed by atoms with E-state index < -0.39 is 11.9 Å². The molecule has 26 heavy (non-hydrogen) atoms. The molecule has 1 atom stereocenters. The molecular formula is C19H22ClN3O2S. The van der Waals surface area contributed by atoms with Gasteiger partial charge in [0.05, 0.1) is 5.56 Å². The highest BCUT2D eigenvalue weighted by molar-refractivity contribution is 7.17. The zero-order valence-corrected chi connectivity index (χ0v) is 16.2. The molecule has 0 aliphatic heterocycles. The molecule has 7 heteroatoms. The van der Waals surface area contributed by atoms with Crippen molar-refractivity contribution in [3.8, 4) is 0 Å². The SMILES string of the molecule is CCC[C@@H]1CCc2c(sc(NC(=O)Nc3cccc(Cl)c3)c2C(N)=O)C1. The van der Waals surface area contributed by atoms with Crippen molar-refractivity contribution in [2.45, 2.75) is 39.0 Å². The molecule has 0 unspecified atom stereocenters. The van der Waals surface area contributed by atoms with Gasteiger partial charge in [0.15, 0.2) is 0 Å². The lowest BCUT2D eigenvalue weighted by Crippen LogP contribution is -2.22. The lowest BCUT2D eigenvalue weighted by atomic mass is 9.84. The molecule has 0 saturated heterocycles. The Labute approximate surface area is 161 Å². The predicted octanol–water partition coefficient (Wildman–Crippen LogP) is 5.05. The van der Waals surface area contributed by atoms with Gasteiger partial charge in [-0.2, -0.15) is 0 Å². The van der Waals surface area contributed by atoms with Crippen molar-refractivity contribution in [2.75, 3.05) is 10.6 Å². The molecule has 1 aromatic heterocycles. The van der Waals surface area contributed by atoms with Crippen LogP contribution in [0.5, 0.6) is 0 Å². The van der Waals surface area contributed by atoms with Crippen molar-refractivity contribution in [3.63, 3.8) is 0 Å². The molecule has 138 valence electrons. The fourth-order valence-corrected chi connectivity index (χ4v) is 5.04. The maximum absolute atomic E-state index is 12.3. The van der Waals surface area contributed by atoms with Gasteiger partial charge < -0.3 is 11.1 Å². The van der Waals surface area contributed by atoms with Crippen LogP contribution in [0.4, 0.5) is 15.5 Å². The standard InChI is InChI=1S/C19H22ClN3O2S/c1-2-4-11-7-8-14-15(9-11)26-18(16(14)17(21)24)23-19(25)22-13-6-3-5-12(20)10-13/h3,5-6,10-11H,2,4,7-9H2,1H3,(H2,21,24)(H2,22,23,25)/t11-/m1/s1. The van der Waals surface area contributed by atoms with Gasteiger partial charge in [-0.1, -0.05) is 37.4 Å². The van der Waals surface area contributed by atoms with E-state index in [0.29, 0.717) is 27.2 Å². The Hall–Kier alpha value is -2.05. The highest BCUT2D eigenvalue weighted by Gasteiger charge is 2.28. The summed E-state index contributed by atoms with van der Waals surface area (Å²) in [5, 5.41) is 6.58. The van der Waals surface area contributed by atoms with Crippen LogP contribution in [-0.4, -0.2) is 11.9 Å². The number of fused-ring (bicyclic) bond motifs is 1. The van der Waals surface area contributed by atoms with E-state index in [9.17, 15) is 9.59 Å². The smallest absolute Gasteiger partial charge is 0.324 e. The minimum Gasteiger partial charge on any atom is -0.365 e. The van der Waals surface area contributed by atoms with Crippen molar-refractivity contribution in [1.82, 2.24) is 0 Å². The van der Waals surface area contributed by atoms with E-state index >= 15 is 0 Å². The number of rotatable bonds is 5. The molecule has 1 heterocycles. The van der Waals surface area contributed by atoms with Crippen molar-refractivity contribution < 1.29 is 9.59 Å². The number of primary amides is 1. The highest BCUT2D eigenvalue weighted by atomic mass is 35.5. The number of anilines is 2. The maximum atomic E-state index is 12.3. The Morgan fingerprint density at radius 3 is 2.85 bits per heavy atom. The second-order valence-electron chi connectivity index (χ2n) is 6.56. The van der Waals surface area contributed by atoms with E-state index in [2.05, 4.69) is 17.6 Å². The first-order valence-corrected chi connectivity index (χ1v) is 9.95. The van der Waals surface area contributed by atoms with E-state index in [-0.39, 0.29) is 0 Å². The normalized spacial score (nSPS) is 16.0. The lowest BCUT2D eigenvalue weighted by Gasteiger charge is -2.21. The second kappa shape index (κ2) is 8.10. The largest absolute Gasteiger partial charge is 0.365 e. The average Bonchev–Trinajstić information content (AvgIpc) is 2.92. The molecule has 1 aliphatic carbocycles. The molecule has 0 saturated carbocycles. The van der Waals surface area contributed by atoms with E-state index in [0.717, 1.165) is 31.2 Å². The van der Waals surface area contributed by atoms with E-state index in [4.69, 9.17) is 17.3 Å². The quantitative estimate of drug-likeness (QED) is 0.666. The van der Waals surface area contributed by atoms with Crippen LogP contribution in [0.15, 0.2) is 24.3 Å². The van der Waals surface area contributed by atoms with Crippen LogP contribution in [0.1, 0.15) is 47.0 Å². The van der Waals surface area contributed by atoms with Crippen LogP contribution in [0.3, 0.4) is 0 Å². The van der Waals surface area contributed by atoms with Gasteiger partial charge >= 0.3 is 6.03 Å². The Bertz CT molecular complexity index is 834. The summed E-state index contributed by atoms with van der Waals surface area (Å²) < 4.78 is 0. The van der Waals surface area contributed by atoms with Crippen LogP contribution in [0.25, 0.3) is 0 Å². The number of benzene rings is 1. The number of nitrogens with one attached hydrogen (secondary N) is 2. The molecule has 3 rings (SSSR count). The molecule has 0 radical (unpaired) electrons. The van der Waals surface area contributed by atoms with Crippen LogP contribution in [-0.2, 0) is 12.8 Å². The first-order chi connectivity index (χ1) is 12.5. The number of hydrogen-bond donors (Lipinski definition) is 3. The molecule has 0 bridgehead atoms. The number of amides is 3. The first-order valence-electron chi connectivity index (χ1n) is 8.75. The zero-order valence-electron chi connectivity index (χ0n) is 14.6. The maximum Gasteiger partial charge on any atom is 0.324 e. The third kappa shape index (κ3) is 4.19. The van der Waals surface area contributed by atoms with Gasteiger partial charge in [-0.05, 0) is 48.9 Å². The van der Waals surface area contributed by atoms with Crippen molar-refractivity contribution in [3.05, 3.63) is 45.3 Å². The third-order valence-corrected chi connectivity index (χ3v) is 6.03. The van der Waals surface area contributed by atoms with Gasteiger partial charge in [0.25, 0.3) is 5.91 Å². The average molecular weight is 392 g/mol. The number of carbonyl (C=O) groups is 2. The van der Waals surface area contributed by atoms with Crippen LogP contribution >= 0.6 is 22.9 Å². The van der Waals surface area contributed by atoms with E-state index in [1.165, 1.54) is 22.6 Å². The Morgan fingerprint density at radius 1 is 1.35 bits per heavy atom. The van der Waals surface area contributed by atoms with E-state index in [1.807, 2.05) is 0 Å². The topological polar surface area (TPSA) is 84.2 Å². The number of thiophene rings is 1. The summed E-state index contributed by atoms with van der Waals surface area (Å²) in [6, 6.07) is 6.47. The van der Waals surface area contributed by atoms with Crippen LogP contribution in [0.2, 0.25) is 5.02 Å². The summed E-state index contributed by atoms with van der Waals surface area (Å²) in [6.45, 7) is 2.19. The first kappa shape index (κ1) is 18.7. The van der Waals surface area contributed by atoms with Gasteiger partial charge in [-0.15, -0.1) is 11.3 Å². The Kier molecular flexibility index (Phi) is 5.84. The minimum atomic E-state index is -0.491. The molecule has 0 fully saturated rings. The number of urea groups is 1.